The van der Waals surface area contributed by atoms with E-state index in [0.717, 1.165) is 29.9 Å². The van der Waals surface area contributed by atoms with Crippen molar-refractivity contribution in [3.63, 3.8) is 0 Å². The van der Waals surface area contributed by atoms with E-state index in [0.29, 0.717) is 11.7 Å². The van der Waals surface area contributed by atoms with Crippen LogP contribution in [0.1, 0.15) is 30.9 Å². The minimum Gasteiger partial charge on any atom is -0.370 e. The Bertz CT molecular complexity index is 847. The Hall–Kier alpha value is -2.08. The summed E-state index contributed by atoms with van der Waals surface area (Å²) in [5.74, 6) is 1.02. The average molecular weight is 359 g/mol. The zero-order valence-corrected chi connectivity index (χ0v) is 15.8. The second kappa shape index (κ2) is 7.04. The molecule has 0 aliphatic carbocycles. The molecule has 1 atom stereocenters. The summed E-state index contributed by atoms with van der Waals surface area (Å²) in [6, 6.07) is 8.97. The summed E-state index contributed by atoms with van der Waals surface area (Å²) in [5.41, 5.74) is 2.81. The van der Waals surface area contributed by atoms with Crippen LogP contribution in [0.4, 0.5) is 11.5 Å². The summed E-state index contributed by atoms with van der Waals surface area (Å²) >= 11 is 0. The number of piperidine rings is 1. The molecule has 1 saturated heterocycles. The maximum absolute atomic E-state index is 12.6. The number of rotatable bonds is 4. The highest BCUT2D eigenvalue weighted by molar-refractivity contribution is 7.92. The van der Waals surface area contributed by atoms with Gasteiger partial charge in [0, 0.05) is 13.1 Å². The molecule has 2 heterocycles. The first-order chi connectivity index (χ1) is 11.8. The highest BCUT2D eigenvalue weighted by Gasteiger charge is 2.19. The van der Waals surface area contributed by atoms with Crippen molar-refractivity contribution in [1.29, 1.82) is 0 Å². The lowest BCUT2D eigenvalue weighted by molar-refractivity contribution is 0.446. The van der Waals surface area contributed by atoms with Crippen LogP contribution in [0.2, 0.25) is 0 Å². The quantitative estimate of drug-likeness (QED) is 0.903. The maximum atomic E-state index is 12.6. The summed E-state index contributed by atoms with van der Waals surface area (Å²) in [4.78, 5) is 6.90. The Labute approximate surface area is 150 Å². The van der Waals surface area contributed by atoms with Crippen molar-refractivity contribution in [3.05, 3.63) is 47.7 Å². The fourth-order valence-corrected chi connectivity index (χ4v) is 4.59. The monoisotopic (exact) mass is 359 g/mol. The van der Waals surface area contributed by atoms with Crippen LogP contribution in [0.15, 0.2) is 41.4 Å². The molecule has 0 bridgehead atoms. The minimum absolute atomic E-state index is 0.286. The highest BCUT2D eigenvalue weighted by Crippen LogP contribution is 2.24. The molecule has 1 aromatic carbocycles. The van der Waals surface area contributed by atoms with E-state index >= 15 is 0 Å². The molecule has 1 unspecified atom stereocenters. The van der Waals surface area contributed by atoms with Crippen molar-refractivity contribution >= 4 is 21.5 Å². The van der Waals surface area contributed by atoms with Crippen LogP contribution in [0.5, 0.6) is 0 Å². The number of nitrogens with zero attached hydrogens (tertiary/aromatic N) is 2. The van der Waals surface area contributed by atoms with E-state index in [2.05, 4.69) is 21.5 Å². The van der Waals surface area contributed by atoms with Crippen molar-refractivity contribution in [2.45, 2.75) is 38.5 Å². The predicted octanol–water partition coefficient (Wildman–Crippen LogP) is 3.74. The summed E-state index contributed by atoms with van der Waals surface area (Å²) in [7, 11) is -3.63. The average Bonchev–Trinajstić information content (AvgIpc) is 2.54. The Kier molecular flexibility index (Phi) is 4.99. The minimum atomic E-state index is -3.63. The van der Waals surface area contributed by atoms with E-state index in [1.807, 2.05) is 19.1 Å². The van der Waals surface area contributed by atoms with Gasteiger partial charge in [0.25, 0.3) is 10.0 Å². The summed E-state index contributed by atoms with van der Waals surface area (Å²) in [6.45, 7) is 8.05. The van der Waals surface area contributed by atoms with Crippen LogP contribution < -0.4 is 9.62 Å². The van der Waals surface area contributed by atoms with Gasteiger partial charge in [-0.05, 0) is 56.4 Å². The highest BCUT2D eigenvalue weighted by atomic mass is 32.2. The van der Waals surface area contributed by atoms with E-state index < -0.39 is 10.0 Å². The molecule has 2 aromatic rings. The Morgan fingerprint density at radius 1 is 1.20 bits per heavy atom. The lowest BCUT2D eigenvalue weighted by atomic mass is 10.00. The van der Waals surface area contributed by atoms with Crippen LogP contribution in [0.3, 0.4) is 0 Å². The van der Waals surface area contributed by atoms with Gasteiger partial charge in [-0.15, -0.1) is 0 Å². The molecule has 1 aromatic heterocycles. The van der Waals surface area contributed by atoms with Crippen molar-refractivity contribution in [1.82, 2.24) is 4.98 Å². The van der Waals surface area contributed by atoms with Gasteiger partial charge in [-0.2, -0.15) is 0 Å². The molecule has 0 radical (unpaired) electrons. The maximum Gasteiger partial charge on any atom is 0.263 e. The number of hydrogen-bond acceptors (Lipinski definition) is 4. The zero-order chi connectivity index (χ0) is 18.0. The van der Waals surface area contributed by atoms with Gasteiger partial charge < -0.3 is 4.90 Å². The largest absolute Gasteiger partial charge is 0.370 e. The van der Waals surface area contributed by atoms with Crippen molar-refractivity contribution in [3.8, 4) is 0 Å². The van der Waals surface area contributed by atoms with Crippen molar-refractivity contribution in [2.75, 3.05) is 22.7 Å². The number of anilines is 2. The molecule has 1 aliphatic rings. The van der Waals surface area contributed by atoms with Crippen LogP contribution in [0.25, 0.3) is 0 Å². The van der Waals surface area contributed by atoms with Crippen LogP contribution in [-0.4, -0.2) is 26.5 Å². The molecule has 1 aliphatic heterocycles. The predicted molar refractivity (Wildman–Crippen MR) is 102 cm³/mol. The summed E-state index contributed by atoms with van der Waals surface area (Å²) in [6.07, 6.45) is 4.19. The topological polar surface area (TPSA) is 62.3 Å². The van der Waals surface area contributed by atoms with Gasteiger partial charge in [-0.25, -0.2) is 13.4 Å². The Balaban J connectivity index is 1.76. The van der Waals surface area contributed by atoms with E-state index in [4.69, 9.17) is 0 Å². The molecular weight excluding hydrogens is 334 g/mol. The molecule has 1 fully saturated rings. The lowest BCUT2D eigenvalue weighted by Gasteiger charge is -2.32. The number of aryl methyl sites for hydroxylation is 2. The van der Waals surface area contributed by atoms with E-state index in [-0.39, 0.29) is 4.90 Å². The first kappa shape index (κ1) is 17.7. The SMILES string of the molecule is Cc1ccc(S(=O)(=O)Nc2ccc(N3CCCC(C)C3)cn2)c(C)c1. The summed E-state index contributed by atoms with van der Waals surface area (Å²) < 4.78 is 27.8. The zero-order valence-electron chi connectivity index (χ0n) is 15.0. The standard InChI is InChI=1S/C19H25N3O2S/c1-14-6-8-18(16(3)11-14)25(23,24)21-19-9-7-17(12-20-19)22-10-4-5-15(2)13-22/h6-9,11-12,15H,4-5,10,13H2,1-3H3,(H,20,21). The second-order valence-electron chi connectivity index (χ2n) is 6.97. The Morgan fingerprint density at radius 2 is 2.00 bits per heavy atom. The summed E-state index contributed by atoms with van der Waals surface area (Å²) in [5, 5.41) is 0. The number of nitrogens with one attached hydrogen (secondary N) is 1. The fourth-order valence-electron chi connectivity index (χ4n) is 3.35. The number of benzene rings is 1. The van der Waals surface area contributed by atoms with Gasteiger partial charge in [-0.1, -0.05) is 24.6 Å². The molecular formula is C19H25N3O2S. The molecule has 25 heavy (non-hydrogen) atoms. The molecule has 5 nitrogen and oxygen atoms in total. The molecule has 134 valence electrons. The second-order valence-corrected chi connectivity index (χ2v) is 8.62. The normalized spacial score (nSPS) is 18.2. The van der Waals surface area contributed by atoms with Crippen molar-refractivity contribution < 1.29 is 8.42 Å². The molecule has 1 N–H and O–H groups in total. The third-order valence-electron chi connectivity index (χ3n) is 4.63. The van der Waals surface area contributed by atoms with Gasteiger partial charge in [0.05, 0.1) is 16.8 Å². The van der Waals surface area contributed by atoms with Crippen molar-refractivity contribution in [2.24, 2.45) is 5.92 Å². The molecule has 3 rings (SSSR count). The van der Waals surface area contributed by atoms with E-state index in [1.165, 1.54) is 12.8 Å². The molecule has 6 heteroatoms. The van der Waals surface area contributed by atoms with Gasteiger partial charge in [0.1, 0.15) is 5.82 Å². The van der Waals surface area contributed by atoms with Crippen LogP contribution in [-0.2, 0) is 10.0 Å². The van der Waals surface area contributed by atoms with Gasteiger partial charge in [-0.3, -0.25) is 4.72 Å². The first-order valence-corrected chi connectivity index (χ1v) is 10.1. The number of aromatic nitrogens is 1. The smallest absolute Gasteiger partial charge is 0.263 e. The third kappa shape index (κ3) is 4.12. The lowest BCUT2D eigenvalue weighted by Crippen LogP contribution is -2.34. The van der Waals surface area contributed by atoms with Gasteiger partial charge >= 0.3 is 0 Å². The van der Waals surface area contributed by atoms with Crippen LogP contribution >= 0.6 is 0 Å². The third-order valence-corrected chi connectivity index (χ3v) is 6.14. The van der Waals surface area contributed by atoms with E-state index in [1.54, 1.807) is 31.3 Å². The molecule has 0 saturated carbocycles. The van der Waals surface area contributed by atoms with Crippen LogP contribution in [0, 0.1) is 19.8 Å². The molecule has 0 amide bonds. The van der Waals surface area contributed by atoms with Gasteiger partial charge in [0.2, 0.25) is 0 Å². The fraction of sp³-hybridized carbons (Fsp3) is 0.421. The molecule has 0 spiro atoms. The Morgan fingerprint density at radius 3 is 2.64 bits per heavy atom. The number of hydrogen-bond donors (Lipinski definition) is 1. The van der Waals surface area contributed by atoms with Gasteiger partial charge in [0.15, 0.2) is 0 Å². The first-order valence-electron chi connectivity index (χ1n) is 8.66. The van der Waals surface area contributed by atoms with E-state index in [9.17, 15) is 8.42 Å². The number of pyridine rings is 1. The number of sulfonamides is 1.